The normalized spacial score (nSPS) is 12.8. The number of alkyl halides is 1. The minimum absolute atomic E-state index is 0.180. The van der Waals surface area contributed by atoms with Crippen molar-refractivity contribution in [2.24, 2.45) is 0 Å². The number of hydrogen-bond acceptors (Lipinski definition) is 1. The molecule has 0 bridgehead atoms. The second kappa shape index (κ2) is 4.86. The van der Waals surface area contributed by atoms with E-state index in [-0.39, 0.29) is 10.6 Å². The van der Waals surface area contributed by atoms with Gasteiger partial charge in [-0.1, -0.05) is 39.7 Å². The molecule has 0 saturated carbocycles. The monoisotopic (exact) mass is 318 g/mol. The van der Waals surface area contributed by atoms with E-state index >= 15 is 0 Å². The third-order valence-corrected chi connectivity index (χ3v) is 4.98. The van der Waals surface area contributed by atoms with E-state index in [4.69, 9.17) is 11.6 Å². The zero-order valence-corrected chi connectivity index (χ0v) is 11.7. The smallest absolute Gasteiger partial charge is 0.128 e. The van der Waals surface area contributed by atoms with E-state index in [0.29, 0.717) is 10.6 Å². The van der Waals surface area contributed by atoms with Gasteiger partial charge >= 0.3 is 0 Å². The van der Waals surface area contributed by atoms with Crippen molar-refractivity contribution in [1.82, 2.24) is 0 Å². The molecule has 1 atom stereocenters. The van der Waals surface area contributed by atoms with Crippen molar-refractivity contribution in [2.75, 3.05) is 0 Å². The number of rotatable bonds is 2. The van der Waals surface area contributed by atoms with E-state index in [1.807, 2.05) is 24.4 Å². The molecule has 16 heavy (non-hydrogen) atoms. The Kier molecular flexibility index (Phi) is 3.67. The summed E-state index contributed by atoms with van der Waals surface area (Å²) in [5.41, 5.74) is 1.54. The van der Waals surface area contributed by atoms with Crippen molar-refractivity contribution >= 4 is 38.9 Å². The molecule has 0 N–H and O–H groups in total. The number of aryl methyl sites for hydroxylation is 1. The van der Waals surface area contributed by atoms with Gasteiger partial charge in [0.2, 0.25) is 0 Å². The first-order chi connectivity index (χ1) is 7.59. The van der Waals surface area contributed by atoms with E-state index in [0.717, 1.165) is 10.4 Å². The number of benzene rings is 1. The molecular formula is C12H9BrClFS. The highest BCUT2D eigenvalue weighted by molar-refractivity contribution is 9.09. The summed E-state index contributed by atoms with van der Waals surface area (Å²) < 4.78 is 13.8. The Labute approximate surface area is 111 Å². The number of halogens is 3. The fraction of sp³-hybridized carbons (Fsp3) is 0.167. The van der Waals surface area contributed by atoms with E-state index in [2.05, 4.69) is 15.9 Å². The lowest BCUT2D eigenvalue weighted by Crippen LogP contribution is -1.95. The molecule has 0 aliphatic carbocycles. The van der Waals surface area contributed by atoms with Gasteiger partial charge in [-0.25, -0.2) is 4.39 Å². The van der Waals surface area contributed by atoms with Crippen LogP contribution in [0.15, 0.2) is 29.6 Å². The molecule has 84 valence electrons. The molecule has 0 radical (unpaired) electrons. The van der Waals surface area contributed by atoms with Crippen LogP contribution in [0.1, 0.15) is 20.8 Å². The molecule has 0 nitrogen and oxygen atoms in total. The standard InChI is InChI=1S/C12H9BrClFS/c1-7-2-3-8(10(15)6-7)11(13)12-9(14)4-5-16-12/h2-6,11H,1H3. The largest absolute Gasteiger partial charge is 0.207 e. The van der Waals surface area contributed by atoms with E-state index in [1.165, 1.54) is 17.4 Å². The Balaban J connectivity index is 2.41. The highest BCUT2D eigenvalue weighted by Gasteiger charge is 2.18. The molecular weight excluding hydrogens is 311 g/mol. The van der Waals surface area contributed by atoms with E-state index in [9.17, 15) is 4.39 Å². The van der Waals surface area contributed by atoms with Gasteiger partial charge in [0.25, 0.3) is 0 Å². The minimum atomic E-state index is -0.202. The highest BCUT2D eigenvalue weighted by Crippen LogP contribution is 2.39. The molecule has 1 aromatic heterocycles. The molecule has 0 aliphatic heterocycles. The van der Waals surface area contributed by atoms with E-state index in [1.54, 1.807) is 6.07 Å². The summed E-state index contributed by atoms with van der Waals surface area (Å²) in [6.45, 7) is 1.87. The maximum Gasteiger partial charge on any atom is 0.128 e. The van der Waals surface area contributed by atoms with Gasteiger partial charge in [0.1, 0.15) is 5.82 Å². The molecule has 0 saturated heterocycles. The SMILES string of the molecule is Cc1ccc(C(Br)c2sccc2Cl)c(F)c1. The second-order valence-corrected chi connectivity index (χ2v) is 5.79. The first kappa shape index (κ1) is 12.1. The fourth-order valence-corrected chi connectivity index (χ4v) is 3.70. The van der Waals surface area contributed by atoms with Gasteiger partial charge in [0, 0.05) is 10.4 Å². The van der Waals surface area contributed by atoms with Crippen molar-refractivity contribution in [3.8, 4) is 0 Å². The van der Waals surface area contributed by atoms with Crippen molar-refractivity contribution in [2.45, 2.75) is 11.8 Å². The molecule has 2 rings (SSSR count). The lowest BCUT2D eigenvalue weighted by Gasteiger charge is -2.10. The number of thiophene rings is 1. The zero-order chi connectivity index (χ0) is 11.7. The summed E-state index contributed by atoms with van der Waals surface area (Å²) in [6, 6.07) is 7.04. The lowest BCUT2D eigenvalue weighted by atomic mass is 10.1. The van der Waals surface area contributed by atoms with E-state index < -0.39 is 0 Å². The van der Waals surface area contributed by atoms with Crippen LogP contribution in [0.4, 0.5) is 4.39 Å². The topological polar surface area (TPSA) is 0 Å². The maximum absolute atomic E-state index is 13.8. The molecule has 1 unspecified atom stereocenters. The Morgan fingerprint density at radius 3 is 2.69 bits per heavy atom. The van der Waals surface area contributed by atoms with Gasteiger partial charge in [0.15, 0.2) is 0 Å². The third kappa shape index (κ3) is 2.31. The molecule has 1 aromatic carbocycles. The Morgan fingerprint density at radius 2 is 2.12 bits per heavy atom. The molecule has 2 aromatic rings. The summed E-state index contributed by atoms with van der Waals surface area (Å²) in [5, 5.41) is 2.57. The van der Waals surface area contributed by atoms with Crippen LogP contribution in [-0.4, -0.2) is 0 Å². The quantitative estimate of drug-likeness (QED) is 0.656. The van der Waals surface area contributed by atoms with Gasteiger partial charge in [-0.15, -0.1) is 11.3 Å². The molecule has 0 spiro atoms. The Bertz CT molecular complexity index is 509. The van der Waals surface area contributed by atoms with Crippen LogP contribution in [-0.2, 0) is 0 Å². The van der Waals surface area contributed by atoms with Gasteiger partial charge in [-0.2, -0.15) is 0 Å². The average Bonchev–Trinajstić information content (AvgIpc) is 2.63. The van der Waals surface area contributed by atoms with Crippen LogP contribution in [0.2, 0.25) is 5.02 Å². The molecule has 4 heteroatoms. The van der Waals surface area contributed by atoms with Gasteiger partial charge < -0.3 is 0 Å². The summed E-state index contributed by atoms with van der Waals surface area (Å²) in [5.74, 6) is -0.202. The zero-order valence-electron chi connectivity index (χ0n) is 8.51. The highest BCUT2D eigenvalue weighted by atomic mass is 79.9. The Morgan fingerprint density at radius 1 is 1.38 bits per heavy atom. The summed E-state index contributed by atoms with van der Waals surface area (Å²) in [7, 11) is 0. The predicted octanol–water partition coefficient (Wildman–Crippen LogP) is 5.33. The van der Waals surface area contributed by atoms with Crippen LogP contribution >= 0.6 is 38.9 Å². The van der Waals surface area contributed by atoms with Crippen LogP contribution in [0.3, 0.4) is 0 Å². The second-order valence-electron chi connectivity index (χ2n) is 3.52. The molecule has 1 heterocycles. The van der Waals surface area contributed by atoms with Gasteiger partial charge in [0.05, 0.1) is 9.85 Å². The molecule has 0 aliphatic rings. The Hall–Kier alpha value is -0.380. The maximum atomic E-state index is 13.8. The van der Waals surface area contributed by atoms with Crippen LogP contribution in [0.25, 0.3) is 0 Å². The van der Waals surface area contributed by atoms with Crippen molar-refractivity contribution < 1.29 is 4.39 Å². The summed E-state index contributed by atoms with van der Waals surface area (Å²) in [6.07, 6.45) is 0. The van der Waals surface area contributed by atoms with Gasteiger partial charge in [-0.05, 0) is 30.0 Å². The van der Waals surface area contributed by atoms with Crippen LogP contribution in [0, 0.1) is 12.7 Å². The van der Waals surface area contributed by atoms with Crippen molar-refractivity contribution in [3.05, 3.63) is 56.5 Å². The first-order valence-corrected chi connectivity index (χ1v) is 6.90. The first-order valence-electron chi connectivity index (χ1n) is 4.72. The molecule has 0 fully saturated rings. The number of hydrogen-bond donors (Lipinski definition) is 0. The van der Waals surface area contributed by atoms with Crippen molar-refractivity contribution in [1.29, 1.82) is 0 Å². The average molecular weight is 320 g/mol. The lowest BCUT2D eigenvalue weighted by molar-refractivity contribution is 0.613. The summed E-state index contributed by atoms with van der Waals surface area (Å²) >= 11 is 11.0. The predicted molar refractivity (Wildman–Crippen MR) is 71.2 cm³/mol. The van der Waals surface area contributed by atoms with Crippen molar-refractivity contribution in [3.63, 3.8) is 0 Å². The van der Waals surface area contributed by atoms with Crippen LogP contribution in [0.5, 0.6) is 0 Å². The minimum Gasteiger partial charge on any atom is -0.207 e. The fourth-order valence-electron chi connectivity index (χ4n) is 1.47. The third-order valence-electron chi connectivity index (χ3n) is 2.30. The molecule has 0 amide bonds. The van der Waals surface area contributed by atoms with Crippen LogP contribution < -0.4 is 0 Å². The van der Waals surface area contributed by atoms with Gasteiger partial charge in [-0.3, -0.25) is 0 Å². The summed E-state index contributed by atoms with van der Waals surface area (Å²) in [4.78, 5) is 0.755.